The number of phosphoric acid groups is 1. The summed E-state index contributed by atoms with van der Waals surface area (Å²) in [5, 5.41) is 8.86. The van der Waals surface area contributed by atoms with Crippen LogP contribution < -0.4 is 5.73 Å². The largest absolute Gasteiger partial charge is 0.480 e. The molecule has 0 heterocycles. The van der Waals surface area contributed by atoms with Crippen molar-refractivity contribution in [3.8, 4) is 0 Å². The van der Waals surface area contributed by atoms with Gasteiger partial charge in [0.1, 0.15) is 12.6 Å². The Morgan fingerprint density at radius 2 is 0.980 bits per heavy atom. The van der Waals surface area contributed by atoms with Crippen LogP contribution in [0.5, 0.6) is 0 Å². The number of phosphoric ester groups is 1. The Morgan fingerprint density at radius 1 is 0.588 bits per heavy atom. The third-order valence-corrected chi connectivity index (χ3v) is 9.71. The van der Waals surface area contributed by atoms with Crippen LogP contribution in [0.15, 0.2) is 12.2 Å². The van der Waals surface area contributed by atoms with E-state index >= 15 is 0 Å². The van der Waals surface area contributed by atoms with Crippen molar-refractivity contribution < 1.29 is 47.5 Å². The molecule has 4 N–H and O–H groups in total. The van der Waals surface area contributed by atoms with Crippen molar-refractivity contribution >= 4 is 25.7 Å². The molecule has 3 atom stereocenters. The van der Waals surface area contributed by atoms with Crippen LogP contribution in [0.1, 0.15) is 187 Å². The highest BCUT2D eigenvalue weighted by Gasteiger charge is 2.28. The van der Waals surface area contributed by atoms with Gasteiger partial charge in [0, 0.05) is 12.8 Å². The molecular weight excluding hydrogens is 673 g/mol. The highest BCUT2D eigenvalue weighted by Crippen LogP contribution is 2.43. The molecular formula is C39H74NO10P. The van der Waals surface area contributed by atoms with Crippen LogP contribution in [0.4, 0.5) is 0 Å². The monoisotopic (exact) mass is 748 g/mol. The molecule has 11 nitrogen and oxygen atoms in total. The summed E-state index contributed by atoms with van der Waals surface area (Å²) in [4.78, 5) is 45.8. The highest BCUT2D eigenvalue weighted by atomic mass is 31.2. The van der Waals surface area contributed by atoms with Gasteiger partial charge in [0.25, 0.3) is 0 Å². The second kappa shape index (κ2) is 35.3. The lowest BCUT2D eigenvalue weighted by Gasteiger charge is -2.20. The first-order chi connectivity index (χ1) is 24.6. The smallest absolute Gasteiger partial charge is 0.472 e. The van der Waals surface area contributed by atoms with Crippen LogP contribution in [-0.4, -0.2) is 59.9 Å². The van der Waals surface area contributed by atoms with E-state index in [4.69, 9.17) is 24.8 Å². The van der Waals surface area contributed by atoms with Crippen molar-refractivity contribution in [2.75, 3.05) is 19.8 Å². The van der Waals surface area contributed by atoms with Crippen LogP contribution >= 0.6 is 7.82 Å². The van der Waals surface area contributed by atoms with Gasteiger partial charge in [0.2, 0.25) is 0 Å². The predicted molar refractivity (Wildman–Crippen MR) is 203 cm³/mol. The van der Waals surface area contributed by atoms with Crippen LogP contribution in [-0.2, 0) is 37.5 Å². The van der Waals surface area contributed by atoms with Crippen molar-refractivity contribution in [3.63, 3.8) is 0 Å². The van der Waals surface area contributed by atoms with Crippen molar-refractivity contribution in [3.05, 3.63) is 12.2 Å². The first-order valence-electron chi connectivity index (χ1n) is 20.2. The first kappa shape index (κ1) is 49.2. The molecule has 0 amide bonds. The number of hydrogen-bond donors (Lipinski definition) is 3. The molecule has 0 aliphatic carbocycles. The molecule has 0 rings (SSSR count). The fraction of sp³-hybridized carbons (Fsp3) is 0.872. The fourth-order valence-electron chi connectivity index (χ4n) is 5.53. The number of unbranched alkanes of at least 4 members (excludes halogenated alkanes) is 22. The minimum absolute atomic E-state index is 0.164. The zero-order valence-corrected chi connectivity index (χ0v) is 33.1. The summed E-state index contributed by atoms with van der Waals surface area (Å²) in [6.45, 7) is 2.78. The molecule has 0 saturated heterocycles. The van der Waals surface area contributed by atoms with E-state index in [1.807, 2.05) is 0 Å². The second-order valence-corrected chi connectivity index (χ2v) is 15.2. The number of carboxylic acids is 1. The molecule has 0 aromatic heterocycles. The maximum absolute atomic E-state index is 12.6. The Kier molecular flexibility index (Phi) is 34.0. The molecule has 0 aromatic rings. The van der Waals surface area contributed by atoms with Gasteiger partial charge >= 0.3 is 25.7 Å². The highest BCUT2D eigenvalue weighted by molar-refractivity contribution is 7.47. The molecule has 0 saturated carbocycles. The summed E-state index contributed by atoms with van der Waals surface area (Å²) in [5.41, 5.74) is 5.32. The van der Waals surface area contributed by atoms with Crippen LogP contribution in [0.2, 0.25) is 0 Å². The Hall–Kier alpha value is -1.78. The topological polar surface area (TPSA) is 172 Å². The number of carboxylic acid groups (broad SMARTS) is 1. The summed E-state index contributed by atoms with van der Waals surface area (Å²) in [6.07, 6.45) is 32.7. The Labute approximate surface area is 309 Å². The molecule has 12 heteroatoms. The molecule has 1 unspecified atom stereocenters. The lowest BCUT2D eigenvalue weighted by Crippen LogP contribution is -2.34. The summed E-state index contributed by atoms with van der Waals surface area (Å²) in [6, 6.07) is -1.52. The van der Waals surface area contributed by atoms with Gasteiger partial charge in [-0.15, -0.1) is 0 Å². The third-order valence-electron chi connectivity index (χ3n) is 8.76. The molecule has 0 bridgehead atoms. The molecule has 0 radical (unpaired) electrons. The van der Waals surface area contributed by atoms with E-state index in [0.29, 0.717) is 12.8 Å². The van der Waals surface area contributed by atoms with Gasteiger partial charge in [-0.25, -0.2) is 4.57 Å². The predicted octanol–water partition coefficient (Wildman–Crippen LogP) is 10.1. The minimum atomic E-state index is -4.71. The Bertz CT molecular complexity index is 932. The molecule has 0 aromatic carbocycles. The van der Waals surface area contributed by atoms with Gasteiger partial charge in [-0.2, -0.15) is 0 Å². The van der Waals surface area contributed by atoms with Gasteiger partial charge in [-0.3, -0.25) is 23.4 Å². The number of esters is 2. The van der Waals surface area contributed by atoms with E-state index in [-0.39, 0.29) is 19.4 Å². The van der Waals surface area contributed by atoms with Crippen LogP contribution in [0, 0.1) is 0 Å². The van der Waals surface area contributed by atoms with E-state index < -0.39 is 51.1 Å². The summed E-state index contributed by atoms with van der Waals surface area (Å²) >= 11 is 0. The molecule has 0 aliphatic rings. The van der Waals surface area contributed by atoms with Crippen LogP contribution in [0.3, 0.4) is 0 Å². The summed E-state index contributed by atoms with van der Waals surface area (Å²) in [5.74, 6) is -2.38. The van der Waals surface area contributed by atoms with Gasteiger partial charge in [0.05, 0.1) is 13.2 Å². The zero-order chi connectivity index (χ0) is 37.8. The average Bonchev–Trinajstić information content (AvgIpc) is 3.10. The van der Waals surface area contributed by atoms with Gasteiger partial charge in [0.15, 0.2) is 6.10 Å². The maximum Gasteiger partial charge on any atom is 0.472 e. The Balaban J connectivity index is 4.40. The number of carbonyl (C=O) groups is 3. The van der Waals surface area contributed by atoms with Gasteiger partial charge < -0.3 is 25.2 Å². The quantitative estimate of drug-likeness (QED) is 0.0237. The lowest BCUT2D eigenvalue weighted by molar-refractivity contribution is -0.161. The van der Waals surface area contributed by atoms with E-state index in [1.54, 1.807) is 0 Å². The number of ether oxygens (including phenoxy) is 2. The zero-order valence-electron chi connectivity index (χ0n) is 32.2. The summed E-state index contributed by atoms with van der Waals surface area (Å²) < 4.78 is 32.6. The van der Waals surface area contributed by atoms with Crippen LogP contribution in [0.25, 0.3) is 0 Å². The standard InChI is InChI=1S/C39H74NO10P/c1-3-5-7-9-11-13-15-17-19-20-22-24-26-28-30-37(41)47-32-35(33-48-51(45,46)49-34-36(40)39(43)44)50-38(42)31-29-27-25-23-21-18-16-14-12-10-8-6-4-2/h15,17,35-36H,3-14,16,18-34,40H2,1-2H3,(H,43,44)(H,45,46)/b17-15+/t35-,36+/m1/s1. The summed E-state index contributed by atoms with van der Waals surface area (Å²) in [7, 11) is -4.71. The molecule has 300 valence electrons. The molecule has 0 fully saturated rings. The molecule has 51 heavy (non-hydrogen) atoms. The number of rotatable bonds is 38. The molecule has 0 spiro atoms. The Morgan fingerprint density at radius 3 is 1.43 bits per heavy atom. The number of nitrogens with two attached hydrogens (primary N) is 1. The third kappa shape index (κ3) is 35.0. The molecule has 0 aliphatic heterocycles. The minimum Gasteiger partial charge on any atom is -0.480 e. The van der Waals surface area contributed by atoms with Crippen molar-refractivity contribution in [1.29, 1.82) is 0 Å². The van der Waals surface area contributed by atoms with Crippen molar-refractivity contribution in [2.24, 2.45) is 5.73 Å². The van der Waals surface area contributed by atoms with Gasteiger partial charge in [-0.05, 0) is 38.5 Å². The van der Waals surface area contributed by atoms with Gasteiger partial charge in [-0.1, -0.05) is 148 Å². The average molecular weight is 748 g/mol. The van der Waals surface area contributed by atoms with Crippen molar-refractivity contribution in [1.82, 2.24) is 0 Å². The second-order valence-electron chi connectivity index (χ2n) is 13.8. The number of carbonyl (C=O) groups excluding carboxylic acids is 2. The van der Waals surface area contributed by atoms with E-state index in [0.717, 1.165) is 57.8 Å². The number of allylic oxidation sites excluding steroid dienone is 2. The van der Waals surface area contributed by atoms with E-state index in [1.165, 1.54) is 89.9 Å². The normalized spacial score (nSPS) is 14.0. The maximum atomic E-state index is 12.6. The fourth-order valence-corrected chi connectivity index (χ4v) is 6.31. The number of aliphatic carboxylic acids is 1. The van der Waals surface area contributed by atoms with Crippen molar-refractivity contribution in [2.45, 2.75) is 199 Å². The first-order valence-corrected chi connectivity index (χ1v) is 21.7. The SMILES string of the molecule is CCCCCCC/C=C/CCCCCCCC(=O)OC[C@H](COP(=O)(O)OC[C@H](N)C(=O)O)OC(=O)CCCCCCCCCCCCCCC. The lowest BCUT2D eigenvalue weighted by atomic mass is 10.0. The van der Waals surface area contributed by atoms with E-state index in [2.05, 4.69) is 30.5 Å². The van der Waals surface area contributed by atoms with E-state index in [9.17, 15) is 23.8 Å². The number of hydrogen-bond acceptors (Lipinski definition) is 9.